The van der Waals surface area contributed by atoms with Gasteiger partial charge < -0.3 is 10.2 Å². The highest BCUT2D eigenvalue weighted by atomic mass is 32.1. The number of anilines is 1. The fraction of sp³-hybridized carbons (Fsp3) is 0.368. The van der Waals surface area contributed by atoms with Crippen molar-refractivity contribution in [2.75, 3.05) is 18.9 Å². The lowest BCUT2D eigenvalue weighted by Crippen LogP contribution is -2.34. The third kappa shape index (κ3) is 4.50. The van der Waals surface area contributed by atoms with Crippen LogP contribution < -0.4 is 5.32 Å². The molecule has 1 N–H and O–H groups in total. The molecule has 0 aliphatic heterocycles. The predicted molar refractivity (Wildman–Crippen MR) is 98.0 cm³/mol. The van der Waals surface area contributed by atoms with E-state index in [0.29, 0.717) is 4.88 Å². The van der Waals surface area contributed by atoms with Gasteiger partial charge >= 0.3 is 6.18 Å². The number of halogens is 3. The van der Waals surface area contributed by atoms with Crippen molar-refractivity contribution in [2.24, 2.45) is 0 Å². The number of likely N-dealkylation sites (N-methyl/N-ethyl adjacent to an activating group) is 1. The highest BCUT2D eigenvalue weighted by Gasteiger charge is 2.33. The summed E-state index contributed by atoms with van der Waals surface area (Å²) in [5.74, 6) is -0.975. The molecule has 27 heavy (non-hydrogen) atoms. The fourth-order valence-electron chi connectivity index (χ4n) is 3.10. The molecule has 1 heterocycles. The van der Waals surface area contributed by atoms with Gasteiger partial charge in [-0.2, -0.15) is 13.2 Å². The molecule has 0 atom stereocenters. The van der Waals surface area contributed by atoms with Gasteiger partial charge in [-0.3, -0.25) is 9.59 Å². The Morgan fingerprint density at radius 2 is 1.89 bits per heavy atom. The summed E-state index contributed by atoms with van der Waals surface area (Å²) in [7, 11) is 1.47. The van der Waals surface area contributed by atoms with Gasteiger partial charge in [-0.15, -0.1) is 11.3 Å². The maximum atomic E-state index is 13.0. The smallest absolute Gasteiger partial charge is 0.332 e. The third-order valence-corrected chi connectivity index (χ3v) is 5.67. The van der Waals surface area contributed by atoms with Crippen LogP contribution in [-0.2, 0) is 23.8 Å². The highest BCUT2D eigenvalue weighted by molar-refractivity contribution is 7.14. The number of para-hydroxylation sites is 1. The van der Waals surface area contributed by atoms with E-state index in [1.807, 2.05) is 6.07 Å². The van der Waals surface area contributed by atoms with E-state index in [1.165, 1.54) is 51.9 Å². The topological polar surface area (TPSA) is 49.4 Å². The minimum Gasteiger partial charge on any atom is -0.332 e. The Labute approximate surface area is 159 Å². The number of fused-ring (bicyclic) bond motifs is 1. The average molecular weight is 396 g/mol. The number of benzene rings is 1. The van der Waals surface area contributed by atoms with Crippen molar-refractivity contribution in [2.45, 2.75) is 31.9 Å². The second-order valence-corrected chi connectivity index (χ2v) is 7.66. The van der Waals surface area contributed by atoms with Gasteiger partial charge in [-0.25, -0.2) is 0 Å². The average Bonchev–Trinajstić information content (AvgIpc) is 3.04. The molecule has 0 unspecified atom stereocenters. The van der Waals surface area contributed by atoms with Gasteiger partial charge in [0.15, 0.2) is 0 Å². The number of carbonyl (C=O) groups excluding carboxylic acids is 2. The number of nitrogens with one attached hydrogen (secondary N) is 1. The Balaban J connectivity index is 1.66. The molecular formula is C19H19F3N2O2S. The van der Waals surface area contributed by atoms with Crippen LogP contribution in [0.4, 0.5) is 18.9 Å². The first kappa shape index (κ1) is 19.4. The minimum absolute atomic E-state index is 0.298. The van der Waals surface area contributed by atoms with Crippen LogP contribution in [0.15, 0.2) is 30.3 Å². The molecule has 0 bridgehead atoms. The Morgan fingerprint density at radius 1 is 1.19 bits per heavy atom. The molecule has 0 saturated carbocycles. The molecule has 0 spiro atoms. The molecule has 4 nitrogen and oxygen atoms in total. The molecular weight excluding hydrogens is 377 g/mol. The van der Waals surface area contributed by atoms with Crippen LogP contribution in [0.3, 0.4) is 0 Å². The van der Waals surface area contributed by atoms with Gasteiger partial charge in [0.1, 0.15) is 0 Å². The van der Waals surface area contributed by atoms with Gasteiger partial charge in [0.05, 0.1) is 22.7 Å². The minimum atomic E-state index is -4.57. The quantitative estimate of drug-likeness (QED) is 0.835. The predicted octanol–water partition coefficient (Wildman–Crippen LogP) is 4.36. The Hall–Kier alpha value is -2.35. The van der Waals surface area contributed by atoms with Gasteiger partial charge in [0.2, 0.25) is 5.91 Å². The zero-order chi connectivity index (χ0) is 19.6. The van der Waals surface area contributed by atoms with Gasteiger partial charge in [0.25, 0.3) is 5.91 Å². The van der Waals surface area contributed by atoms with Crippen molar-refractivity contribution in [3.8, 4) is 0 Å². The maximum absolute atomic E-state index is 13.0. The largest absolute Gasteiger partial charge is 0.418 e. The molecule has 8 heteroatoms. The van der Waals surface area contributed by atoms with E-state index >= 15 is 0 Å². The van der Waals surface area contributed by atoms with Crippen LogP contribution in [0, 0.1) is 0 Å². The van der Waals surface area contributed by atoms with E-state index in [2.05, 4.69) is 5.32 Å². The van der Waals surface area contributed by atoms with Crippen molar-refractivity contribution < 1.29 is 22.8 Å². The third-order valence-electron chi connectivity index (χ3n) is 4.44. The summed E-state index contributed by atoms with van der Waals surface area (Å²) in [5, 5.41) is 2.25. The van der Waals surface area contributed by atoms with Gasteiger partial charge in [-0.1, -0.05) is 12.1 Å². The van der Waals surface area contributed by atoms with Crippen LogP contribution in [0.5, 0.6) is 0 Å². The van der Waals surface area contributed by atoms with Gasteiger partial charge in [-0.05, 0) is 49.4 Å². The first-order chi connectivity index (χ1) is 12.8. The molecule has 0 fully saturated rings. The maximum Gasteiger partial charge on any atom is 0.418 e. The van der Waals surface area contributed by atoms with Crippen LogP contribution in [0.1, 0.15) is 38.5 Å². The lowest BCUT2D eigenvalue weighted by atomic mass is 9.99. The SMILES string of the molecule is CN(CC(=O)Nc1ccccc1C(F)(F)F)C(=O)c1cc2c(s1)CCCC2. The standard InChI is InChI=1S/C19H19F3N2O2S/c1-24(18(26)16-10-12-6-2-5-9-15(12)27-16)11-17(25)23-14-8-4-3-7-13(14)19(20,21)22/h3-4,7-8,10H,2,5-6,9,11H2,1H3,(H,23,25). The second kappa shape index (κ2) is 7.72. The van der Waals surface area contributed by atoms with Crippen molar-refractivity contribution in [3.05, 3.63) is 51.2 Å². The molecule has 0 saturated heterocycles. The lowest BCUT2D eigenvalue weighted by Gasteiger charge is -2.17. The van der Waals surface area contributed by atoms with Crippen molar-refractivity contribution in [3.63, 3.8) is 0 Å². The summed E-state index contributed by atoms with van der Waals surface area (Å²) in [6.07, 6.45) is -0.433. The van der Waals surface area contributed by atoms with Crippen LogP contribution >= 0.6 is 11.3 Å². The fourth-order valence-corrected chi connectivity index (χ4v) is 4.35. The summed E-state index contributed by atoms with van der Waals surface area (Å²) in [6, 6.07) is 6.63. The van der Waals surface area contributed by atoms with E-state index in [0.717, 1.165) is 31.7 Å². The zero-order valence-corrected chi connectivity index (χ0v) is 15.5. The molecule has 1 aliphatic rings. The van der Waals surface area contributed by atoms with E-state index in [-0.39, 0.29) is 18.1 Å². The molecule has 144 valence electrons. The normalized spacial score (nSPS) is 13.8. The van der Waals surface area contributed by atoms with Gasteiger partial charge in [0, 0.05) is 11.9 Å². The number of hydrogen-bond acceptors (Lipinski definition) is 3. The summed E-state index contributed by atoms with van der Waals surface area (Å²) < 4.78 is 39.0. The molecule has 2 aromatic rings. The Bertz CT molecular complexity index is 837. The lowest BCUT2D eigenvalue weighted by molar-refractivity contribution is -0.137. The van der Waals surface area contributed by atoms with Crippen molar-refractivity contribution in [1.29, 1.82) is 0 Å². The zero-order valence-electron chi connectivity index (χ0n) is 14.7. The number of aryl methyl sites for hydroxylation is 2. The number of amides is 2. The van der Waals surface area contributed by atoms with Crippen LogP contribution in [-0.4, -0.2) is 30.3 Å². The molecule has 2 amide bonds. The van der Waals surface area contributed by atoms with Crippen LogP contribution in [0.25, 0.3) is 0 Å². The molecule has 1 aliphatic carbocycles. The molecule has 3 rings (SSSR count). The Morgan fingerprint density at radius 3 is 2.59 bits per heavy atom. The van der Waals surface area contributed by atoms with E-state index in [4.69, 9.17) is 0 Å². The number of thiophene rings is 1. The summed E-state index contributed by atoms with van der Waals surface area (Å²) in [6.45, 7) is -0.326. The molecule has 0 radical (unpaired) electrons. The summed E-state index contributed by atoms with van der Waals surface area (Å²) >= 11 is 1.44. The number of alkyl halides is 3. The number of rotatable bonds is 4. The number of carbonyl (C=O) groups is 2. The first-order valence-corrected chi connectivity index (χ1v) is 9.40. The molecule has 1 aromatic carbocycles. The summed E-state index contributed by atoms with van der Waals surface area (Å²) in [4.78, 5) is 27.7. The van der Waals surface area contributed by atoms with E-state index in [9.17, 15) is 22.8 Å². The monoisotopic (exact) mass is 396 g/mol. The second-order valence-electron chi connectivity index (χ2n) is 6.52. The summed E-state index contributed by atoms with van der Waals surface area (Å²) in [5.41, 5.74) is -0.0488. The van der Waals surface area contributed by atoms with Crippen LogP contribution in [0.2, 0.25) is 0 Å². The first-order valence-electron chi connectivity index (χ1n) is 8.59. The van der Waals surface area contributed by atoms with E-state index < -0.39 is 17.6 Å². The van der Waals surface area contributed by atoms with Crippen molar-refractivity contribution in [1.82, 2.24) is 4.90 Å². The molecule has 1 aromatic heterocycles. The highest BCUT2D eigenvalue weighted by Crippen LogP contribution is 2.34. The number of nitrogens with zero attached hydrogens (tertiary/aromatic N) is 1. The Kier molecular flexibility index (Phi) is 5.55. The van der Waals surface area contributed by atoms with Crippen molar-refractivity contribution >= 4 is 28.8 Å². The number of hydrogen-bond donors (Lipinski definition) is 1. The van der Waals surface area contributed by atoms with E-state index in [1.54, 1.807) is 0 Å².